The second-order valence-corrected chi connectivity index (χ2v) is 14.2. The highest BCUT2D eigenvalue weighted by molar-refractivity contribution is 6.11. The number of hydrogen-bond acceptors (Lipinski definition) is 1. The first-order valence-corrected chi connectivity index (χ1v) is 17.5. The highest BCUT2D eigenvalue weighted by Crippen LogP contribution is 2.44. The van der Waals surface area contributed by atoms with Crippen molar-refractivity contribution in [2.24, 2.45) is 7.05 Å². The number of aromatic nitrogens is 2. The number of nitrogens with zero attached hydrogens (tertiary/aromatic N) is 2. The normalized spacial score (nSPS) is 11.9. The van der Waals surface area contributed by atoms with Gasteiger partial charge in [-0.3, -0.25) is 0 Å². The lowest BCUT2D eigenvalue weighted by molar-refractivity contribution is -0.633. The lowest BCUT2D eigenvalue weighted by atomic mass is 9.87. The first-order valence-electron chi connectivity index (χ1n) is 17.5. The maximum atomic E-state index is 6.79. The van der Waals surface area contributed by atoms with Gasteiger partial charge in [0.15, 0.2) is 16.6 Å². The van der Waals surface area contributed by atoms with Crippen LogP contribution in [0.3, 0.4) is 0 Å². The van der Waals surface area contributed by atoms with Crippen molar-refractivity contribution in [3.8, 4) is 39.3 Å². The highest BCUT2D eigenvalue weighted by Gasteiger charge is 2.34. The molecule has 0 saturated heterocycles. The van der Waals surface area contributed by atoms with Crippen LogP contribution < -0.4 is 4.57 Å². The summed E-state index contributed by atoms with van der Waals surface area (Å²) in [5.41, 5.74) is 16.7. The third-order valence-corrected chi connectivity index (χ3v) is 10.2. The van der Waals surface area contributed by atoms with E-state index in [1.54, 1.807) is 0 Å². The van der Waals surface area contributed by atoms with Gasteiger partial charge in [-0.1, -0.05) is 119 Å². The summed E-state index contributed by atoms with van der Waals surface area (Å²) in [7, 11) is 2.20. The van der Waals surface area contributed by atoms with Crippen LogP contribution in [0.1, 0.15) is 61.8 Å². The Balaban J connectivity index is 1.43. The van der Waals surface area contributed by atoms with E-state index in [1.165, 1.54) is 66.6 Å². The number of hydrogen-bond donors (Lipinski definition) is 0. The largest absolute Gasteiger partial charge is 0.455 e. The molecule has 0 aliphatic heterocycles. The van der Waals surface area contributed by atoms with Gasteiger partial charge in [0.2, 0.25) is 0 Å². The van der Waals surface area contributed by atoms with Gasteiger partial charge in [0, 0.05) is 21.9 Å². The zero-order valence-electron chi connectivity index (χ0n) is 29.5. The predicted molar refractivity (Wildman–Crippen MR) is 206 cm³/mol. The third kappa shape index (κ3) is 4.99. The van der Waals surface area contributed by atoms with Crippen molar-refractivity contribution in [1.29, 1.82) is 0 Å². The minimum Gasteiger partial charge on any atom is -0.455 e. The second kappa shape index (κ2) is 11.9. The molecule has 0 aliphatic carbocycles. The number of rotatable bonds is 6. The average molecular weight is 640 g/mol. The summed E-state index contributed by atoms with van der Waals surface area (Å²) >= 11 is 0. The molecular weight excluding hydrogens is 597 g/mol. The molecule has 0 radical (unpaired) electrons. The number of fused-ring (bicyclic) bond motifs is 4. The van der Waals surface area contributed by atoms with Gasteiger partial charge in [-0.15, -0.1) is 0 Å². The second-order valence-electron chi connectivity index (χ2n) is 14.2. The molecule has 0 amide bonds. The van der Waals surface area contributed by atoms with Crippen molar-refractivity contribution in [3.05, 3.63) is 144 Å². The van der Waals surface area contributed by atoms with Crippen LogP contribution in [0.25, 0.3) is 72.3 Å². The van der Waals surface area contributed by atoms with Gasteiger partial charge in [0.05, 0.1) is 7.05 Å². The van der Waals surface area contributed by atoms with E-state index in [4.69, 9.17) is 4.42 Å². The van der Waals surface area contributed by atoms with Gasteiger partial charge < -0.3 is 4.42 Å². The van der Waals surface area contributed by atoms with E-state index >= 15 is 0 Å². The van der Waals surface area contributed by atoms with Gasteiger partial charge >= 0.3 is 0 Å². The van der Waals surface area contributed by atoms with Crippen molar-refractivity contribution in [3.63, 3.8) is 0 Å². The van der Waals surface area contributed by atoms with E-state index in [1.807, 2.05) is 0 Å². The van der Waals surface area contributed by atoms with Crippen molar-refractivity contribution < 1.29 is 8.98 Å². The van der Waals surface area contributed by atoms with Gasteiger partial charge in [-0.25, -0.2) is 4.57 Å². The number of imidazole rings is 1. The molecule has 8 rings (SSSR count). The molecule has 3 heteroatoms. The molecule has 0 saturated carbocycles. The van der Waals surface area contributed by atoms with E-state index in [2.05, 4.69) is 179 Å². The Kier molecular flexibility index (Phi) is 7.52. The fourth-order valence-corrected chi connectivity index (χ4v) is 7.83. The minimum atomic E-state index is 0.292. The summed E-state index contributed by atoms with van der Waals surface area (Å²) in [4.78, 5) is 0. The Morgan fingerprint density at radius 3 is 1.84 bits per heavy atom. The molecule has 6 aromatic carbocycles. The molecule has 0 atom stereocenters. The van der Waals surface area contributed by atoms with E-state index in [0.29, 0.717) is 11.8 Å². The van der Waals surface area contributed by atoms with Gasteiger partial charge in [-0.05, 0) is 89.4 Å². The third-order valence-electron chi connectivity index (χ3n) is 10.2. The Hall–Kier alpha value is -5.41. The maximum Gasteiger partial charge on any atom is 0.299 e. The first-order chi connectivity index (χ1) is 23.7. The van der Waals surface area contributed by atoms with Crippen LogP contribution in [0.2, 0.25) is 0 Å². The summed E-state index contributed by atoms with van der Waals surface area (Å²) in [6.07, 6.45) is 0. The molecule has 0 aliphatic rings. The SMILES string of the molecule is Cc1cc(C)c2c(oc3ccccc32)c1-c1n(-c2c(C(C)C)cc(-c3ccc(-c4ccccc4)cc3)cc2C(C)C)c2ccccc2[n+]1C. The van der Waals surface area contributed by atoms with E-state index in [9.17, 15) is 0 Å². The Morgan fingerprint density at radius 2 is 1.16 bits per heavy atom. The number of furan rings is 1. The molecule has 0 fully saturated rings. The summed E-state index contributed by atoms with van der Waals surface area (Å²) < 4.78 is 11.7. The zero-order chi connectivity index (χ0) is 34.0. The monoisotopic (exact) mass is 639 g/mol. The van der Waals surface area contributed by atoms with Gasteiger partial charge in [0.1, 0.15) is 16.8 Å². The lowest BCUT2D eigenvalue weighted by Gasteiger charge is -2.21. The minimum absolute atomic E-state index is 0.292. The molecule has 0 spiro atoms. The fourth-order valence-electron chi connectivity index (χ4n) is 7.83. The van der Waals surface area contributed by atoms with Crippen LogP contribution in [0, 0.1) is 13.8 Å². The summed E-state index contributed by atoms with van der Waals surface area (Å²) in [5, 5.41) is 2.35. The number of aryl methyl sites for hydroxylation is 3. The van der Waals surface area contributed by atoms with Gasteiger partial charge in [0.25, 0.3) is 5.82 Å². The molecule has 2 aromatic heterocycles. The quantitative estimate of drug-likeness (QED) is 0.166. The Labute approximate surface area is 289 Å². The van der Waals surface area contributed by atoms with Crippen molar-refractivity contribution in [2.45, 2.75) is 53.4 Å². The van der Waals surface area contributed by atoms with Crippen LogP contribution in [-0.4, -0.2) is 4.57 Å². The fraction of sp³-hybridized carbons (Fsp3) is 0.196. The topological polar surface area (TPSA) is 21.9 Å². The molecule has 242 valence electrons. The zero-order valence-corrected chi connectivity index (χ0v) is 29.5. The van der Waals surface area contributed by atoms with Crippen molar-refractivity contribution in [1.82, 2.24) is 4.57 Å². The molecule has 2 heterocycles. The van der Waals surface area contributed by atoms with Crippen LogP contribution in [-0.2, 0) is 7.05 Å². The molecule has 0 N–H and O–H groups in total. The van der Waals surface area contributed by atoms with Crippen LogP contribution >= 0.6 is 0 Å². The van der Waals surface area contributed by atoms with Crippen LogP contribution in [0.4, 0.5) is 0 Å². The molecule has 0 unspecified atom stereocenters. The number of benzene rings is 6. The summed E-state index contributed by atoms with van der Waals surface area (Å²) in [5.74, 6) is 1.72. The Morgan fingerprint density at radius 1 is 0.592 bits per heavy atom. The Bertz CT molecular complexity index is 2480. The standard InChI is InChI=1S/C46H43N2O/c1-28(2)37-26-35(34-23-21-33(22-24-34)32-15-9-8-10-16-32)27-38(29(3)4)44(37)48-40-19-13-12-18-39(40)47(7)46(48)43-31(6)25-30(5)42-36-17-11-14-20-41(36)49-45(42)43/h8-29H,1-7H3/q+1. The summed E-state index contributed by atoms with van der Waals surface area (Å²) in [6.45, 7) is 13.7. The maximum absolute atomic E-state index is 6.79. The molecule has 0 bridgehead atoms. The van der Waals surface area contributed by atoms with E-state index in [0.717, 1.165) is 27.9 Å². The van der Waals surface area contributed by atoms with Crippen LogP contribution in [0.15, 0.2) is 126 Å². The number of para-hydroxylation sites is 3. The van der Waals surface area contributed by atoms with Crippen molar-refractivity contribution >= 4 is 33.0 Å². The molecule has 3 nitrogen and oxygen atoms in total. The van der Waals surface area contributed by atoms with Crippen molar-refractivity contribution in [2.75, 3.05) is 0 Å². The van der Waals surface area contributed by atoms with E-state index < -0.39 is 0 Å². The predicted octanol–water partition coefficient (Wildman–Crippen LogP) is 12.2. The highest BCUT2D eigenvalue weighted by atomic mass is 16.3. The van der Waals surface area contributed by atoms with Crippen LogP contribution in [0.5, 0.6) is 0 Å². The summed E-state index contributed by atoms with van der Waals surface area (Å²) in [6, 6.07) is 44.1. The smallest absolute Gasteiger partial charge is 0.299 e. The molecular formula is C46H43N2O+. The average Bonchev–Trinajstić information content (AvgIpc) is 3.64. The molecule has 8 aromatic rings. The lowest BCUT2D eigenvalue weighted by Crippen LogP contribution is -2.30. The first kappa shape index (κ1) is 30.9. The molecule has 49 heavy (non-hydrogen) atoms. The van der Waals surface area contributed by atoms with E-state index in [-0.39, 0.29) is 0 Å². The van der Waals surface area contributed by atoms with Gasteiger partial charge in [-0.2, -0.15) is 4.57 Å².